The van der Waals surface area contributed by atoms with Gasteiger partial charge < -0.3 is 4.74 Å². The van der Waals surface area contributed by atoms with Crippen LogP contribution in [0.2, 0.25) is 0 Å². The van der Waals surface area contributed by atoms with Gasteiger partial charge in [0.2, 0.25) is 0 Å². The van der Waals surface area contributed by atoms with E-state index in [-0.39, 0.29) is 0 Å². The van der Waals surface area contributed by atoms with E-state index < -0.39 is 0 Å². The van der Waals surface area contributed by atoms with Gasteiger partial charge in [-0.2, -0.15) is 0 Å². The standard InChI is InChI=1S/C21H19N3O/c1-2-3-4-9-14-25-17-15-20(18-10-5-7-12-22-18)24-21(16-17)19-11-6-8-13-23-19/h1,5-8,10-13,15-16H,3-4,9,14H2. The summed E-state index contributed by atoms with van der Waals surface area (Å²) in [5.41, 5.74) is 3.14. The topological polar surface area (TPSA) is 47.9 Å². The van der Waals surface area contributed by atoms with Crippen LogP contribution < -0.4 is 4.74 Å². The predicted octanol–water partition coefficient (Wildman–Crippen LogP) is 4.39. The molecule has 0 aromatic carbocycles. The third-order valence-corrected chi connectivity index (χ3v) is 3.64. The molecule has 25 heavy (non-hydrogen) atoms. The summed E-state index contributed by atoms with van der Waals surface area (Å²) in [6.45, 7) is 0.620. The Hall–Kier alpha value is -3.19. The minimum absolute atomic E-state index is 0.620. The summed E-state index contributed by atoms with van der Waals surface area (Å²) >= 11 is 0. The van der Waals surface area contributed by atoms with Gasteiger partial charge in [-0.1, -0.05) is 12.1 Å². The van der Waals surface area contributed by atoms with E-state index in [1.54, 1.807) is 12.4 Å². The van der Waals surface area contributed by atoms with E-state index in [0.29, 0.717) is 6.61 Å². The fraction of sp³-hybridized carbons (Fsp3) is 0.190. The molecule has 3 aromatic heterocycles. The molecule has 0 bridgehead atoms. The van der Waals surface area contributed by atoms with Gasteiger partial charge in [0.25, 0.3) is 0 Å². The van der Waals surface area contributed by atoms with Crippen LogP contribution in [0.15, 0.2) is 60.9 Å². The number of aromatic nitrogens is 3. The maximum Gasteiger partial charge on any atom is 0.123 e. The molecule has 0 aliphatic carbocycles. The number of rotatable bonds is 7. The summed E-state index contributed by atoms with van der Waals surface area (Å²) in [5.74, 6) is 3.41. The fourth-order valence-electron chi connectivity index (χ4n) is 2.40. The Kier molecular flexibility index (Phi) is 5.73. The van der Waals surface area contributed by atoms with Crippen molar-refractivity contribution < 1.29 is 4.74 Å². The van der Waals surface area contributed by atoms with Crippen molar-refractivity contribution in [3.05, 3.63) is 60.9 Å². The molecule has 124 valence electrons. The van der Waals surface area contributed by atoms with Crippen LogP contribution in [-0.4, -0.2) is 21.6 Å². The van der Waals surface area contributed by atoms with Crippen molar-refractivity contribution in [1.29, 1.82) is 0 Å². The lowest BCUT2D eigenvalue weighted by atomic mass is 10.2. The first-order valence-electron chi connectivity index (χ1n) is 8.28. The molecular weight excluding hydrogens is 310 g/mol. The normalized spacial score (nSPS) is 10.2. The van der Waals surface area contributed by atoms with Gasteiger partial charge in [-0.3, -0.25) is 9.97 Å². The smallest absolute Gasteiger partial charge is 0.123 e. The molecular formula is C21H19N3O. The molecule has 0 atom stereocenters. The van der Waals surface area contributed by atoms with E-state index in [1.165, 1.54) is 0 Å². The zero-order chi connectivity index (χ0) is 17.3. The molecule has 0 aliphatic rings. The highest BCUT2D eigenvalue weighted by Gasteiger charge is 2.09. The Balaban J connectivity index is 1.88. The van der Waals surface area contributed by atoms with Crippen LogP contribution >= 0.6 is 0 Å². The number of ether oxygens (including phenoxy) is 1. The molecule has 3 rings (SSSR count). The number of hydrogen-bond donors (Lipinski definition) is 0. The zero-order valence-corrected chi connectivity index (χ0v) is 13.9. The minimum atomic E-state index is 0.620. The van der Waals surface area contributed by atoms with Crippen molar-refractivity contribution >= 4 is 0 Å². The van der Waals surface area contributed by atoms with Crippen molar-refractivity contribution in [2.45, 2.75) is 19.3 Å². The lowest BCUT2D eigenvalue weighted by Crippen LogP contribution is -2.00. The maximum absolute atomic E-state index is 5.91. The largest absolute Gasteiger partial charge is 0.493 e. The first-order valence-corrected chi connectivity index (χ1v) is 8.28. The second-order valence-electron chi connectivity index (χ2n) is 5.51. The molecule has 0 saturated heterocycles. The first-order chi connectivity index (χ1) is 12.4. The Morgan fingerprint density at radius 1 is 0.840 bits per heavy atom. The number of hydrogen-bond acceptors (Lipinski definition) is 4. The third-order valence-electron chi connectivity index (χ3n) is 3.64. The average molecular weight is 329 g/mol. The van der Waals surface area contributed by atoms with Gasteiger partial charge in [0.1, 0.15) is 5.75 Å². The molecule has 0 radical (unpaired) electrons. The van der Waals surface area contributed by atoms with Gasteiger partial charge >= 0.3 is 0 Å². The summed E-state index contributed by atoms with van der Waals surface area (Å²) < 4.78 is 5.91. The summed E-state index contributed by atoms with van der Waals surface area (Å²) in [5, 5.41) is 0. The van der Waals surface area contributed by atoms with E-state index in [9.17, 15) is 0 Å². The van der Waals surface area contributed by atoms with Crippen LogP contribution in [0.4, 0.5) is 0 Å². The number of unbranched alkanes of at least 4 members (excludes halogenated alkanes) is 2. The van der Waals surface area contributed by atoms with E-state index in [4.69, 9.17) is 16.1 Å². The van der Waals surface area contributed by atoms with Crippen LogP contribution in [-0.2, 0) is 0 Å². The Morgan fingerprint density at radius 3 is 2.00 bits per heavy atom. The van der Waals surface area contributed by atoms with E-state index in [2.05, 4.69) is 15.9 Å². The second kappa shape index (κ2) is 8.60. The predicted molar refractivity (Wildman–Crippen MR) is 98.9 cm³/mol. The van der Waals surface area contributed by atoms with E-state index in [1.807, 2.05) is 48.5 Å². The van der Waals surface area contributed by atoms with Gasteiger partial charge in [-0.05, 0) is 37.1 Å². The maximum atomic E-state index is 5.91. The molecule has 4 heteroatoms. The van der Waals surface area contributed by atoms with Crippen LogP contribution in [0.25, 0.3) is 22.8 Å². The SMILES string of the molecule is C#CCCCCOc1cc(-c2ccccn2)nc(-c2ccccn2)c1. The molecule has 3 heterocycles. The Labute approximate surface area is 148 Å². The van der Waals surface area contributed by atoms with Crippen LogP contribution in [0.3, 0.4) is 0 Å². The molecule has 0 fully saturated rings. The molecule has 3 aromatic rings. The summed E-state index contributed by atoms with van der Waals surface area (Å²) in [4.78, 5) is 13.5. The highest BCUT2D eigenvalue weighted by atomic mass is 16.5. The van der Waals surface area contributed by atoms with Crippen molar-refractivity contribution in [2.75, 3.05) is 6.61 Å². The quantitative estimate of drug-likeness (QED) is 0.476. The Morgan fingerprint density at radius 2 is 1.48 bits per heavy atom. The zero-order valence-electron chi connectivity index (χ0n) is 13.9. The summed E-state index contributed by atoms with van der Waals surface area (Å²) in [6.07, 6.45) is 11.4. The molecule has 0 spiro atoms. The first kappa shape index (κ1) is 16.7. The molecule has 0 aliphatic heterocycles. The highest BCUT2D eigenvalue weighted by molar-refractivity contribution is 5.64. The monoisotopic (exact) mass is 329 g/mol. The summed E-state index contributed by atoms with van der Waals surface area (Å²) in [7, 11) is 0. The molecule has 0 amide bonds. The van der Waals surface area contributed by atoms with Crippen molar-refractivity contribution in [3.63, 3.8) is 0 Å². The number of nitrogens with zero attached hydrogens (tertiary/aromatic N) is 3. The van der Waals surface area contributed by atoms with Crippen molar-refractivity contribution in [1.82, 2.24) is 15.0 Å². The molecule has 0 unspecified atom stereocenters. The van der Waals surface area contributed by atoms with Crippen molar-refractivity contribution in [2.24, 2.45) is 0 Å². The second-order valence-corrected chi connectivity index (χ2v) is 5.51. The van der Waals surface area contributed by atoms with Gasteiger partial charge in [-0.15, -0.1) is 12.3 Å². The average Bonchev–Trinajstić information content (AvgIpc) is 2.69. The van der Waals surface area contributed by atoms with Gasteiger partial charge in [0, 0.05) is 30.9 Å². The van der Waals surface area contributed by atoms with Crippen LogP contribution in [0.5, 0.6) is 5.75 Å². The minimum Gasteiger partial charge on any atom is -0.493 e. The highest BCUT2D eigenvalue weighted by Crippen LogP contribution is 2.26. The molecule has 0 N–H and O–H groups in total. The third kappa shape index (κ3) is 4.65. The van der Waals surface area contributed by atoms with Crippen molar-refractivity contribution in [3.8, 4) is 40.9 Å². The lowest BCUT2D eigenvalue weighted by Gasteiger charge is -2.10. The number of terminal acetylenes is 1. The van der Waals surface area contributed by atoms with Gasteiger partial charge in [0.05, 0.1) is 29.4 Å². The van der Waals surface area contributed by atoms with Crippen LogP contribution in [0, 0.1) is 12.3 Å². The van der Waals surface area contributed by atoms with Gasteiger partial charge in [0.15, 0.2) is 0 Å². The van der Waals surface area contributed by atoms with E-state index in [0.717, 1.165) is 47.8 Å². The molecule has 4 nitrogen and oxygen atoms in total. The summed E-state index contributed by atoms with van der Waals surface area (Å²) in [6, 6.07) is 15.3. The van der Waals surface area contributed by atoms with Crippen LogP contribution in [0.1, 0.15) is 19.3 Å². The van der Waals surface area contributed by atoms with Gasteiger partial charge in [-0.25, -0.2) is 4.98 Å². The fourth-order valence-corrected chi connectivity index (χ4v) is 2.40. The number of pyridine rings is 3. The lowest BCUT2D eigenvalue weighted by molar-refractivity contribution is 0.307. The molecule has 0 saturated carbocycles. The van der Waals surface area contributed by atoms with E-state index >= 15 is 0 Å². The Bertz CT molecular complexity index is 784.